The highest BCUT2D eigenvalue weighted by Gasteiger charge is 2.59. The smallest absolute Gasteiger partial charge is 0.232 e. The van der Waals surface area contributed by atoms with Crippen LogP contribution in [-0.2, 0) is 19.9 Å². The Morgan fingerprint density at radius 2 is 1.88 bits per heavy atom. The van der Waals surface area contributed by atoms with Gasteiger partial charge in [-0.05, 0) is 74.3 Å². The molecule has 4 aliphatic rings. The molecule has 2 aromatic heterocycles. The minimum absolute atomic E-state index is 0.0102. The fourth-order valence-electron chi connectivity index (χ4n) is 5.60. The van der Waals surface area contributed by atoms with Crippen LogP contribution in [0.3, 0.4) is 0 Å². The second kappa shape index (κ2) is 9.09. The normalized spacial score (nSPS) is 33.6. The van der Waals surface area contributed by atoms with Gasteiger partial charge in [0, 0.05) is 13.2 Å². The molecule has 3 fully saturated rings. The predicted molar refractivity (Wildman–Crippen MR) is 127 cm³/mol. The molecule has 5 nitrogen and oxygen atoms in total. The van der Waals surface area contributed by atoms with Crippen molar-refractivity contribution in [2.24, 2.45) is 0 Å². The van der Waals surface area contributed by atoms with Crippen LogP contribution < -0.4 is 0 Å². The standard InChI is InChI=1S/C25H31NO4S2/c1-3-13-29-22(12-1)26-23(18-8-5-14-27-18)24(19-9-6-15-28-19)30-25(26,21-11-7-17-32-21)20-10-2-4-16-31-20/h6-7,9,11,15,17-18,20,22H,1-5,8,10,12-14,16H2. The van der Waals surface area contributed by atoms with Crippen molar-refractivity contribution in [3.63, 3.8) is 0 Å². The van der Waals surface area contributed by atoms with Gasteiger partial charge in [-0.2, -0.15) is 11.8 Å². The Bertz CT molecular complexity index is 910. The molecule has 7 heteroatoms. The van der Waals surface area contributed by atoms with Crippen molar-refractivity contribution in [3.8, 4) is 0 Å². The number of rotatable bonds is 5. The highest BCUT2D eigenvalue weighted by atomic mass is 32.2. The highest BCUT2D eigenvalue weighted by molar-refractivity contribution is 8.00. The third-order valence-corrected chi connectivity index (χ3v) is 9.48. The first-order valence-electron chi connectivity index (χ1n) is 12.0. The SMILES string of the molecule is c1coc(C2=C(C3CCCO3)N(C3CCCCO3)C(c3cccs3)(C3CCCCS3)O2)c1. The maximum atomic E-state index is 7.21. The van der Waals surface area contributed by atoms with Gasteiger partial charge in [0.1, 0.15) is 12.3 Å². The summed E-state index contributed by atoms with van der Waals surface area (Å²) < 4.78 is 25.9. The fraction of sp³-hybridized carbons (Fsp3) is 0.600. The van der Waals surface area contributed by atoms with Crippen LogP contribution in [0.25, 0.3) is 5.76 Å². The van der Waals surface area contributed by atoms with Crippen molar-refractivity contribution in [1.82, 2.24) is 4.90 Å². The lowest BCUT2D eigenvalue weighted by molar-refractivity contribution is -0.176. The first kappa shape index (κ1) is 21.1. The van der Waals surface area contributed by atoms with Gasteiger partial charge in [-0.25, -0.2) is 0 Å². The molecule has 172 valence electrons. The largest absolute Gasteiger partial charge is 0.461 e. The molecule has 0 amide bonds. The zero-order valence-corrected chi connectivity index (χ0v) is 20.0. The first-order chi connectivity index (χ1) is 15.9. The first-order valence-corrected chi connectivity index (χ1v) is 14.0. The van der Waals surface area contributed by atoms with Crippen molar-refractivity contribution in [3.05, 3.63) is 52.2 Å². The number of nitrogens with zero attached hydrogens (tertiary/aromatic N) is 1. The third-order valence-electron chi connectivity index (χ3n) is 7.02. The fourth-order valence-corrected chi connectivity index (χ4v) is 8.09. The molecule has 0 bridgehead atoms. The Morgan fingerprint density at radius 3 is 2.56 bits per heavy atom. The average Bonchev–Trinajstić information content (AvgIpc) is 3.65. The number of hydrogen-bond acceptors (Lipinski definition) is 7. The van der Waals surface area contributed by atoms with Gasteiger partial charge in [-0.1, -0.05) is 12.5 Å². The van der Waals surface area contributed by atoms with Gasteiger partial charge in [0.05, 0.1) is 22.1 Å². The van der Waals surface area contributed by atoms with Crippen molar-refractivity contribution < 1.29 is 18.6 Å². The molecule has 0 saturated carbocycles. The van der Waals surface area contributed by atoms with Crippen molar-refractivity contribution in [2.45, 2.75) is 74.7 Å². The quantitative estimate of drug-likeness (QED) is 0.516. The molecule has 32 heavy (non-hydrogen) atoms. The Balaban J connectivity index is 1.54. The lowest BCUT2D eigenvalue weighted by Gasteiger charge is -2.49. The van der Waals surface area contributed by atoms with Crippen LogP contribution in [0.4, 0.5) is 0 Å². The second-order valence-corrected chi connectivity index (χ2v) is 11.3. The summed E-state index contributed by atoms with van der Waals surface area (Å²) >= 11 is 3.85. The Labute approximate surface area is 198 Å². The summed E-state index contributed by atoms with van der Waals surface area (Å²) in [6.45, 7) is 1.59. The van der Waals surface area contributed by atoms with E-state index < -0.39 is 5.72 Å². The van der Waals surface area contributed by atoms with E-state index in [1.165, 1.54) is 29.9 Å². The molecule has 2 aromatic rings. The molecule has 0 aromatic carbocycles. The number of thiophene rings is 1. The molecule has 0 spiro atoms. The van der Waals surface area contributed by atoms with Crippen LogP contribution in [0.5, 0.6) is 0 Å². The van der Waals surface area contributed by atoms with Crippen LogP contribution in [0.15, 0.2) is 46.0 Å². The molecule has 0 aliphatic carbocycles. The van der Waals surface area contributed by atoms with Gasteiger partial charge >= 0.3 is 0 Å². The predicted octanol–water partition coefficient (Wildman–Crippen LogP) is 6.19. The molecule has 3 saturated heterocycles. The Morgan fingerprint density at radius 1 is 0.938 bits per heavy atom. The van der Waals surface area contributed by atoms with Crippen LogP contribution in [0.2, 0.25) is 0 Å². The minimum Gasteiger partial charge on any atom is -0.461 e. The molecule has 0 N–H and O–H groups in total. The van der Waals surface area contributed by atoms with Gasteiger partial charge < -0.3 is 18.6 Å². The molecule has 4 aliphatic heterocycles. The summed E-state index contributed by atoms with van der Waals surface area (Å²) in [7, 11) is 0. The molecule has 6 heterocycles. The summed E-state index contributed by atoms with van der Waals surface area (Å²) in [6, 6.07) is 8.35. The number of ether oxygens (including phenoxy) is 3. The van der Waals surface area contributed by atoms with Crippen LogP contribution in [0, 0.1) is 0 Å². The van der Waals surface area contributed by atoms with Gasteiger partial charge in [0.2, 0.25) is 5.72 Å². The maximum absolute atomic E-state index is 7.21. The Kier molecular flexibility index (Phi) is 6.00. The molecule has 0 radical (unpaired) electrons. The summed E-state index contributed by atoms with van der Waals surface area (Å²) in [6.07, 6.45) is 10.8. The van der Waals surface area contributed by atoms with E-state index in [0.29, 0.717) is 5.25 Å². The molecule has 4 atom stereocenters. The lowest BCUT2D eigenvalue weighted by atomic mass is 9.97. The van der Waals surface area contributed by atoms with E-state index in [1.54, 1.807) is 17.6 Å². The summed E-state index contributed by atoms with van der Waals surface area (Å²) in [5.74, 6) is 2.80. The highest BCUT2D eigenvalue weighted by Crippen LogP contribution is 2.57. The van der Waals surface area contributed by atoms with Crippen molar-refractivity contribution in [1.29, 1.82) is 0 Å². The van der Waals surface area contributed by atoms with E-state index in [2.05, 4.69) is 34.2 Å². The zero-order chi connectivity index (χ0) is 21.4. The lowest BCUT2D eigenvalue weighted by Crippen LogP contribution is -2.57. The van der Waals surface area contributed by atoms with Crippen molar-refractivity contribution >= 4 is 28.9 Å². The third kappa shape index (κ3) is 3.52. The molecule has 6 rings (SSSR count). The van der Waals surface area contributed by atoms with E-state index in [4.69, 9.17) is 18.6 Å². The van der Waals surface area contributed by atoms with Crippen LogP contribution >= 0.6 is 23.1 Å². The van der Waals surface area contributed by atoms with Crippen molar-refractivity contribution in [2.75, 3.05) is 19.0 Å². The van der Waals surface area contributed by atoms with E-state index in [1.807, 2.05) is 12.1 Å². The maximum Gasteiger partial charge on any atom is 0.232 e. The van der Waals surface area contributed by atoms with Gasteiger partial charge in [0.15, 0.2) is 11.5 Å². The second-order valence-electron chi connectivity index (χ2n) is 9.02. The molecular formula is C25H31NO4S2. The van der Waals surface area contributed by atoms with E-state index in [0.717, 1.165) is 62.5 Å². The van der Waals surface area contributed by atoms with Gasteiger partial charge in [-0.15, -0.1) is 11.3 Å². The number of hydrogen-bond donors (Lipinski definition) is 0. The average molecular weight is 474 g/mol. The molecular weight excluding hydrogens is 442 g/mol. The summed E-state index contributed by atoms with van der Waals surface area (Å²) in [4.78, 5) is 3.76. The Hall–Kier alpha value is -1.41. The van der Waals surface area contributed by atoms with Gasteiger partial charge in [-0.3, -0.25) is 4.90 Å². The van der Waals surface area contributed by atoms with E-state index in [-0.39, 0.29) is 12.3 Å². The number of furan rings is 1. The van der Waals surface area contributed by atoms with Crippen LogP contribution in [-0.4, -0.2) is 41.4 Å². The minimum atomic E-state index is -0.593. The zero-order valence-electron chi connectivity index (χ0n) is 18.4. The summed E-state index contributed by atoms with van der Waals surface area (Å²) in [5.41, 5.74) is 0.536. The molecule has 4 unspecified atom stereocenters. The topological polar surface area (TPSA) is 44.1 Å². The van der Waals surface area contributed by atoms with Crippen LogP contribution in [0.1, 0.15) is 62.0 Å². The number of thioether (sulfide) groups is 1. The van der Waals surface area contributed by atoms with E-state index in [9.17, 15) is 0 Å². The van der Waals surface area contributed by atoms with E-state index >= 15 is 0 Å². The summed E-state index contributed by atoms with van der Waals surface area (Å²) in [5, 5.41) is 2.49. The monoisotopic (exact) mass is 473 g/mol. The van der Waals surface area contributed by atoms with Gasteiger partial charge in [0.25, 0.3) is 0 Å².